The number of amides is 1. The van der Waals surface area contributed by atoms with Gasteiger partial charge < -0.3 is 20.3 Å². The van der Waals surface area contributed by atoms with E-state index in [2.05, 4.69) is 25.7 Å². The molecule has 0 bridgehead atoms. The fourth-order valence-electron chi connectivity index (χ4n) is 4.66. The zero-order valence-electron chi connectivity index (χ0n) is 17.5. The first-order valence-electron chi connectivity index (χ1n) is 10.7. The van der Waals surface area contributed by atoms with Crippen LogP contribution in [0.5, 0.6) is 0 Å². The molecule has 3 heterocycles. The molecule has 0 radical (unpaired) electrons. The Morgan fingerprint density at radius 3 is 2.90 bits per heavy atom. The fraction of sp³-hybridized carbons (Fsp3) is 0.500. The molecule has 1 aliphatic heterocycles. The second kappa shape index (κ2) is 8.22. The molecule has 1 saturated heterocycles. The van der Waals surface area contributed by atoms with Crippen LogP contribution in [-0.2, 0) is 10.4 Å². The van der Waals surface area contributed by atoms with Crippen LogP contribution < -0.4 is 10.6 Å². The van der Waals surface area contributed by atoms with E-state index in [0.29, 0.717) is 17.4 Å². The Hall–Kier alpha value is -2.49. The van der Waals surface area contributed by atoms with Crippen molar-refractivity contribution < 1.29 is 14.4 Å². The molecule has 1 aromatic carbocycles. The van der Waals surface area contributed by atoms with Gasteiger partial charge in [-0.25, -0.2) is 0 Å². The van der Waals surface area contributed by atoms with Gasteiger partial charge in [-0.3, -0.25) is 14.7 Å². The molecule has 2 aromatic heterocycles. The number of nitrogens with zero attached hydrogens (tertiary/aromatic N) is 3. The Bertz CT molecular complexity index is 1050. The maximum atomic E-state index is 12.4. The van der Waals surface area contributed by atoms with Crippen molar-refractivity contribution in [1.29, 1.82) is 0 Å². The molecule has 0 unspecified atom stereocenters. The van der Waals surface area contributed by atoms with E-state index in [-0.39, 0.29) is 18.5 Å². The molecular weight excluding hydrogens is 414 g/mol. The largest absolute Gasteiger partial charge is 0.384 e. The number of fused-ring (bicyclic) bond motifs is 1. The molecule has 164 valence electrons. The van der Waals surface area contributed by atoms with Crippen LogP contribution in [0, 0.1) is 6.92 Å². The van der Waals surface area contributed by atoms with Gasteiger partial charge >= 0.3 is 0 Å². The highest BCUT2D eigenvalue weighted by Gasteiger charge is 2.41. The minimum Gasteiger partial charge on any atom is -0.384 e. The van der Waals surface area contributed by atoms with Gasteiger partial charge in [-0.15, -0.1) is 11.3 Å². The number of carbonyl (C=O) groups excluding carboxylic acids is 1. The van der Waals surface area contributed by atoms with Crippen molar-refractivity contribution >= 4 is 34.0 Å². The average Bonchev–Trinajstić information content (AvgIpc) is 3.40. The van der Waals surface area contributed by atoms with E-state index >= 15 is 0 Å². The summed E-state index contributed by atoms with van der Waals surface area (Å²) >= 11 is 1.53. The number of aromatic nitrogens is 2. The number of rotatable bonds is 6. The van der Waals surface area contributed by atoms with Gasteiger partial charge in [0, 0.05) is 25.3 Å². The standard InChI is InChI=1S/C22H27N5O3S/c1-14-2-3-18-17(8-14)21(26-30-18)24-10-20(28)25-15-11-27(12-15)16-4-6-22(29,7-5-16)19-9-23-13-31-19/h2-3,8-9,13,15-16,29H,4-7,10-12H2,1H3,(H,24,26)(H,25,28). The summed E-state index contributed by atoms with van der Waals surface area (Å²) in [6.07, 6.45) is 5.26. The van der Waals surface area contributed by atoms with Crippen LogP contribution in [0.3, 0.4) is 0 Å². The van der Waals surface area contributed by atoms with Gasteiger partial charge in [-0.05, 0) is 44.7 Å². The molecule has 1 aliphatic carbocycles. The van der Waals surface area contributed by atoms with Crippen molar-refractivity contribution in [2.45, 2.75) is 50.3 Å². The van der Waals surface area contributed by atoms with Crippen molar-refractivity contribution in [2.75, 3.05) is 25.0 Å². The number of benzene rings is 1. The number of aliphatic hydroxyl groups is 1. The van der Waals surface area contributed by atoms with Crippen LogP contribution in [0.15, 0.2) is 34.4 Å². The lowest BCUT2D eigenvalue weighted by Crippen LogP contribution is -2.63. The Labute approximate surface area is 184 Å². The SMILES string of the molecule is Cc1ccc2onc(NCC(=O)NC3CN(C4CCC(O)(c5cncs5)CC4)C3)c2c1. The van der Waals surface area contributed by atoms with Crippen LogP contribution in [0.25, 0.3) is 11.0 Å². The minimum absolute atomic E-state index is 0.0448. The summed E-state index contributed by atoms with van der Waals surface area (Å²) in [6, 6.07) is 6.50. The number of carbonyl (C=O) groups is 1. The predicted octanol–water partition coefficient (Wildman–Crippen LogP) is 2.64. The molecule has 3 N–H and O–H groups in total. The highest BCUT2D eigenvalue weighted by Crippen LogP contribution is 2.40. The molecule has 0 spiro atoms. The summed E-state index contributed by atoms with van der Waals surface area (Å²) < 4.78 is 5.30. The monoisotopic (exact) mass is 441 g/mol. The quantitative estimate of drug-likeness (QED) is 0.540. The number of hydrogen-bond acceptors (Lipinski definition) is 8. The second-order valence-corrected chi connectivity index (χ2v) is 9.62. The van der Waals surface area contributed by atoms with E-state index < -0.39 is 5.60 Å². The molecule has 0 atom stereocenters. The molecule has 1 saturated carbocycles. The molecule has 8 nitrogen and oxygen atoms in total. The smallest absolute Gasteiger partial charge is 0.239 e. The van der Waals surface area contributed by atoms with Gasteiger partial charge in [0.2, 0.25) is 5.91 Å². The summed E-state index contributed by atoms with van der Waals surface area (Å²) in [5.74, 6) is 0.552. The lowest BCUT2D eigenvalue weighted by molar-refractivity contribution is -0.121. The number of aryl methyl sites for hydroxylation is 1. The molecule has 31 heavy (non-hydrogen) atoms. The topological polar surface area (TPSA) is 104 Å². The molecule has 2 aliphatic rings. The van der Waals surface area contributed by atoms with Crippen LogP contribution in [-0.4, -0.2) is 57.8 Å². The van der Waals surface area contributed by atoms with Crippen LogP contribution in [0.1, 0.15) is 36.1 Å². The maximum absolute atomic E-state index is 12.4. The van der Waals surface area contributed by atoms with Gasteiger partial charge in [0.15, 0.2) is 11.4 Å². The molecule has 1 amide bonds. The van der Waals surface area contributed by atoms with E-state index in [1.54, 1.807) is 11.7 Å². The van der Waals surface area contributed by atoms with E-state index in [1.807, 2.05) is 25.1 Å². The van der Waals surface area contributed by atoms with E-state index in [9.17, 15) is 9.90 Å². The predicted molar refractivity (Wildman–Crippen MR) is 119 cm³/mol. The van der Waals surface area contributed by atoms with E-state index in [0.717, 1.165) is 54.6 Å². The zero-order chi connectivity index (χ0) is 21.4. The van der Waals surface area contributed by atoms with Crippen molar-refractivity contribution in [1.82, 2.24) is 20.4 Å². The normalized spacial score (nSPS) is 24.8. The molecule has 3 aromatic rings. The van der Waals surface area contributed by atoms with Crippen molar-refractivity contribution in [3.8, 4) is 0 Å². The summed E-state index contributed by atoms with van der Waals surface area (Å²) in [7, 11) is 0. The lowest BCUT2D eigenvalue weighted by Gasteiger charge is -2.48. The van der Waals surface area contributed by atoms with Crippen LogP contribution in [0.2, 0.25) is 0 Å². The van der Waals surface area contributed by atoms with Crippen LogP contribution in [0.4, 0.5) is 5.82 Å². The molecule has 9 heteroatoms. The summed E-state index contributed by atoms with van der Waals surface area (Å²) in [5, 5.41) is 22.0. The third-order valence-corrected chi connectivity index (χ3v) is 7.47. The Morgan fingerprint density at radius 1 is 1.35 bits per heavy atom. The van der Waals surface area contributed by atoms with Crippen LogP contribution >= 0.6 is 11.3 Å². The number of nitrogens with one attached hydrogen (secondary N) is 2. The average molecular weight is 442 g/mol. The van der Waals surface area contributed by atoms with Crippen molar-refractivity contribution in [2.24, 2.45) is 0 Å². The Kier molecular flexibility index (Phi) is 5.41. The Morgan fingerprint density at radius 2 is 2.16 bits per heavy atom. The Balaban J connectivity index is 1.06. The number of anilines is 1. The summed E-state index contributed by atoms with van der Waals surface area (Å²) in [5.41, 5.74) is 2.89. The minimum atomic E-state index is -0.717. The van der Waals surface area contributed by atoms with Gasteiger partial charge in [-0.1, -0.05) is 16.8 Å². The van der Waals surface area contributed by atoms with E-state index in [1.165, 1.54) is 11.3 Å². The maximum Gasteiger partial charge on any atom is 0.239 e. The number of likely N-dealkylation sites (tertiary alicyclic amines) is 1. The number of hydrogen-bond donors (Lipinski definition) is 3. The van der Waals surface area contributed by atoms with Crippen molar-refractivity contribution in [3.05, 3.63) is 40.3 Å². The first kappa shape index (κ1) is 20.4. The zero-order valence-corrected chi connectivity index (χ0v) is 18.3. The molecular formula is C22H27N5O3S. The first-order chi connectivity index (χ1) is 15.0. The van der Waals surface area contributed by atoms with E-state index in [4.69, 9.17) is 4.52 Å². The summed E-state index contributed by atoms with van der Waals surface area (Å²) in [6.45, 7) is 3.90. The van der Waals surface area contributed by atoms with Gasteiger partial charge in [-0.2, -0.15) is 0 Å². The third-order valence-electron chi connectivity index (χ3n) is 6.51. The first-order valence-corrected chi connectivity index (χ1v) is 11.6. The van der Waals surface area contributed by atoms with Gasteiger partial charge in [0.1, 0.15) is 5.60 Å². The molecule has 5 rings (SSSR count). The van der Waals surface area contributed by atoms with Gasteiger partial charge in [0.05, 0.1) is 28.4 Å². The summed E-state index contributed by atoms with van der Waals surface area (Å²) in [4.78, 5) is 19.9. The third kappa shape index (κ3) is 4.17. The molecule has 2 fully saturated rings. The lowest BCUT2D eigenvalue weighted by atomic mass is 9.80. The highest BCUT2D eigenvalue weighted by atomic mass is 32.1. The second-order valence-electron chi connectivity index (χ2n) is 8.73. The fourth-order valence-corrected chi connectivity index (χ4v) is 5.44. The highest BCUT2D eigenvalue weighted by molar-refractivity contribution is 7.09. The number of thiazole rings is 1. The van der Waals surface area contributed by atoms with Gasteiger partial charge in [0.25, 0.3) is 0 Å². The van der Waals surface area contributed by atoms with Crippen molar-refractivity contribution in [3.63, 3.8) is 0 Å².